The Hall–Kier alpha value is -1.92. The summed E-state index contributed by atoms with van der Waals surface area (Å²) in [5, 5.41) is 0. The lowest BCUT2D eigenvalue weighted by atomic mass is 10.3. The first kappa shape index (κ1) is 9.63. The molecule has 0 atom stereocenters. The summed E-state index contributed by atoms with van der Waals surface area (Å²) >= 11 is 0. The van der Waals surface area contributed by atoms with Crippen molar-refractivity contribution in [2.24, 2.45) is 5.90 Å². The molecule has 0 bridgehead atoms. The van der Waals surface area contributed by atoms with Crippen LogP contribution in [0.15, 0.2) is 28.9 Å². The van der Waals surface area contributed by atoms with Gasteiger partial charge in [-0.2, -0.15) is 0 Å². The standard InChI is InChI=1S/C9H10N4O2/c10-8-3-1-2-7(13-8)9-12-6(4-14-9)5-15-11/h1-4H,5,11H2,(H2,10,13). The number of anilines is 1. The molecule has 2 aromatic rings. The van der Waals surface area contributed by atoms with Gasteiger partial charge in [0, 0.05) is 0 Å². The van der Waals surface area contributed by atoms with Gasteiger partial charge in [0.2, 0.25) is 5.89 Å². The molecular weight excluding hydrogens is 196 g/mol. The lowest BCUT2D eigenvalue weighted by Crippen LogP contribution is -1.99. The van der Waals surface area contributed by atoms with Crippen molar-refractivity contribution in [1.82, 2.24) is 9.97 Å². The second-order valence-electron chi connectivity index (χ2n) is 2.90. The first-order valence-corrected chi connectivity index (χ1v) is 4.28. The van der Waals surface area contributed by atoms with Crippen LogP contribution in [-0.2, 0) is 11.4 Å². The Morgan fingerprint density at radius 1 is 1.33 bits per heavy atom. The van der Waals surface area contributed by atoms with Gasteiger partial charge < -0.3 is 10.2 Å². The molecule has 0 fully saturated rings. The Morgan fingerprint density at radius 3 is 2.93 bits per heavy atom. The third kappa shape index (κ3) is 2.12. The van der Waals surface area contributed by atoms with Crippen LogP contribution >= 0.6 is 0 Å². The van der Waals surface area contributed by atoms with Crippen LogP contribution in [0.2, 0.25) is 0 Å². The van der Waals surface area contributed by atoms with Crippen LogP contribution in [0.25, 0.3) is 11.6 Å². The van der Waals surface area contributed by atoms with Crippen molar-refractivity contribution in [1.29, 1.82) is 0 Å². The summed E-state index contributed by atoms with van der Waals surface area (Å²) in [7, 11) is 0. The molecular formula is C9H10N4O2. The van der Waals surface area contributed by atoms with Crippen LogP contribution in [0.4, 0.5) is 5.82 Å². The van der Waals surface area contributed by atoms with E-state index >= 15 is 0 Å². The van der Waals surface area contributed by atoms with E-state index in [1.54, 1.807) is 18.2 Å². The lowest BCUT2D eigenvalue weighted by molar-refractivity contribution is 0.121. The molecule has 15 heavy (non-hydrogen) atoms. The van der Waals surface area contributed by atoms with Gasteiger partial charge in [0.25, 0.3) is 0 Å². The van der Waals surface area contributed by atoms with E-state index in [9.17, 15) is 0 Å². The second kappa shape index (κ2) is 4.07. The molecule has 0 aliphatic carbocycles. The third-order valence-electron chi connectivity index (χ3n) is 1.77. The summed E-state index contributed by atoms with van der Waals surface area (Å²) in [6.07, 6.45) is 1.47. The van der Waals surface area contributed by atoms with Crippen molar-refractivity contribution >= 4 is 5.82 Å². The van der Waals surface area contributed by atoms with E-state index in [0.717, 1.165) is 0 Å². The van der Waals surface area contributed by atoms with Gasteiger partial charge in [0.1, 0.15) is 30.1 Å². The molecule has 4 N–H and O–H groups in total. The number of oxazole rings is 1. The van der Waals surface area contributed by atoms with E-state index in [-0.39, 0.29) is 6.61 Å². The van der Waals surface area contributed by atoms with Crippen molar-refractivity contribution in [3.05, 3.63) is 30.2 Å². The van der Waals surface area contributed by atoms with Gasteiger partial charge in [-0.05, 0) is 12.1 Å². The zero-order valence-corrected chi connectivity index (χ0v) is 7.88. The van der Waals surface area contributed by atoms with Gasteiger partial charge in [-0.15, -0.1) is 0 Å². The summed E-state index contributed by atoms with van der Waals surface area (Å²) in [6.45, 7) is 0.200. The van der Waals surface area contributed by atoms with Crippen molar-refractivity contribution in [3.8, 4) is 11.6 Å². The SMILES string of the molecule is NOCc1coc(-c2cccc(N)n2)n1. The van der Waals surface area contributed by atoms with E-state index in [4.69, 9.17) is 16.0 Å². The molecule has 0 amide bonds. The number of pyridine rings is 1. The van der Waals surface area contributed by atoms with Crippen LogP contribution in [0.5, 0.6) is 0 Å². The molecule has 0 aliphatic heterocycles. The first-order chi connectivity index (χ1) is 7.29. The maximum Gasteiger partial charge on any atom is 0.245 e. The first-order valence-electron chi connectivity index (χ1n) is 4.28. The summed E-state index contributed by atoms with van der Waals surface area (Å²) in [6, 6.07) is 5.23. The number of hydrogen-bond acceptors (Lipinski definition) is 6. The summed E-state index contributed by atoms with van der Waals surface area (Å²) in [4.78, 5) is 12.6. The Balaban J connectivity index is 2.29. The van der Waals surface area contributed by atoms with Crippen LogP contribution in [-0.4, -0.2) is 9.97 Å². The molecule has 78 valence electrons. The highest BCUT2D eigenvalue weighted by atomic mass is 16.6. The van der Waals surface area contributed by atoms with Crippen molar-refractivity contribution in [2.45, 2.75) is 6.61 Å². The molecule has 0 aliphatic rings. The molecule has 2 rings (SSSR count). The fourth-order valence-corrected chi connectivity index (χ4v) is 1.15. The number of nitrogens with zero attached hydrogens (tertiary/aromatic N) is 2. The summed E-state index contributed by atoms with van der Waals surface area (Å²) in [5.41, 5.74) is 6.73. The smallest absolute Gasteiger partial charge is 0.245 e. The second-order valence-corrected chi connectivity index (χ2v) is 2.90. The highest BCUT2D eigenvalue weighted by molar-refractivity contribution is 5.50. The van der Waals surface area contributed by atoms with Crippen molar-refractivity contribution in [3.63, 3.8) is 0 Å². The molecule has 0 aromatic carbocycles. The average molecular weight is 206 g/mol. The van der Waals surface area contributed by atoms with Gasteiger partial charge in [0.15, 0.2) is 0 Å². The molecule has 0 saturated carbocycles. The number of nitrogens with two attached hydrogens (primary N) is 2. The normalized spacial score (nSPS) is 10.5. The number of hydrogen-bond donors (Lipinski definition) is 2. The van der Waals surface area contributed by atoms with E-state index < -0.39 is 0 Å². The molecule has 6 nitrogen and oxygen atoms in total. The number of nitrogen functional groups attached to an aromatic ring is 1. The zero-order valence-electron chi connectivity index (χ0n) is 7.88. The quantitative estimate of drug-likeness (QED) is 0.717. The Bertz CT molecular complexity index is 455. The fourth-order valence-electron chi connectivity index (χ4n) is 1.15. The topological polar surface area (TPSA) is 100 Å². The van der Waals surface area contributed by atoms with E-state index in [2.05, 4.69) is 14.8 Å². The molecule has 0 unspecified atom stereocenters. The molecule has 2 heterocycles. The average Bonchev–Trinajstić information content (AvgIpc) is 2.67. The molecule has 6 heteroatoms. The van der Waals surface area contributed by atoms with Crippen LogP contribution < -0.4 is 11.6 Å². The lowest BCUT2D eigenvalue weighted by Gasteiger charge is -1.95. The minimum absolute atomic E-state index is 0.200. The predicted octanol–water partition coefficient (Wildman–Crippen LogP) is 0.709. The number of rotatable bonds is 3. The van der Waals surface area contributed by atoms with E-state index in [1.807, 2.05) is 0 Å². The van der Waals surface area contributed by atoms with Gasteiger partial charge in [-0.3, -0.25) is 4.84 Å². The van der Waals surface area contributed by atoms with Crippen molar-refractivity contribution in [2.75, 3.05) is 5.73 Å². The maximum absolute atomic E-state index is 5.54. The fraction of sp³-hybridized carbons (Fsp3) is 0.111. The Kier molecular flexibility index (Phi) is 2.61. The third-order valence-corrected chi connectivity index (χ3v) is 1.77. The van der Waals surface area contributed by atoms with Gasteiger partial charge in [-0.25, -0.2) is 15.9 Å². The van der Waals surface area contributed by atoms with E-state index in [0.29, 0.717) is 23.1 Å². The van der Waals surface area contributed by atoms with Gasteiger partial charge in [0.05, 0.1) is 0 Å². The monoisotopic (exact) mass is 206 g/mol. The van der Waals surface area contributed by atoms with Crippen LogP contribution in [0.3, 0.4) is 0 Å². The van der Waals surface area contributed by atoms with Gasteiger partial charge in [-0.1, -0.05) is 6.07 Å². The number of aromatic nitrogens is 2. The van der Waals surface area contributed by atoms with Crippen LogP contribution in [0.1, 0.15) is 5.69 Å². The molecule has 2 aromatic heterocycles. The summed E-state index contributed by atoms with van der Waals surface area (Å²) in [5.74, 6) is 5.73. The maximum atomic E-state index is 5.54. The largest absolute Gasteiger partial charge is 0.443 e. The Morgan fingerprint density at radius 2 is 2.20 bits per heavy atom. The highest BCUT2D eigenvalue weighted by Crippen LogP contribution is 2.17. The minimum atomic E-state index is 0.200. The van der Waals surface area contributed by atoms with E-state index in [1.165, 1.54) is 6.26 Å². The Labute approximate surface area is 85.8 Å². The molecule has 0 saturated heterocycles. The zero-order chi connectivity index (χ0) is 10.7. The minimum Gasteiger partial charge on any atom is -0.443 e. The van der Waals surface area contributed by atoms with Gasteiger partial charge >= 0.3 is 0 Å². The summed E-state index contributed by atoms with van der Waals surface area (Å²) < 4.78 is 5.19. The van der Waals surface area contributed by atoms with Crippen LogP contribution in [0, 0.1) is 0 Å². The highest BCUT2D eigenvalue weighted by Gasteiger charge is 2.07. The van der Waals surface area contributed by atoms with Crippen molar-refractivity contribution < 1.29 is 9.25 Å². The predicted molar refractivity (Wildman–Crippen MR) is 53.1 cm³/mol. The molecule has 0 spiro atoms. The molecule has 0 radical (unpaired) electrons.